The van der Waals surface area contributed by atoms with E-state index in [0.717, 1.165) is 11.1 Å². The van der Waals surface area contributed by atoms with Crippen molar-refractivity contribution in [3.05, 3.63) is 96.3 Å². The van der Waals surface area contributed by atoms with E-state index in [9.17, 15) is 5.11 Å². The lowest BCUT2D eigenvalue weighted by Gasteiger charge is -2.27. The van der Waals surface area contributed by atoms with Gasteiger partial charge < -0.3 is 19.3 Å². The molecule has 1 fully saturated rings. The van der Waals surface area contributed by atoms with Gasteiger partial charge in [0.05, 0.1) is 38.0 Å². The zero-order valence-corrected chi connectivity index (χ0v) is 22.9. The van der Waals surface area contributed by atoms with Crippen LogP contribution >= 0.6 is 23.5 Å². The lowest BCUT2D eigenvalue weighted by molar-refractivity contribution is -0.224. The van der Waals surface area contributed by atoms with E-state index in [1.807, 2.05) is 73.2 Å². The van der Waals surface area contributed by atoms with Crippen molar-refractivity contribution in [1.82, 2.24) is 19.6 Å². The minimum absolute atomic E-state index is 0.221. The molecule has 10 heteroatoms. The van der Waals surface area contributed by atoms with Crippen LogP contribution in [0.25, 0.3) is 5.65 Å². The van der Waals surface area contributed by atoms with Crippen molar-refractivity contribution in [2.75, 3.05) is 19.1 Å². The van der Waals surface area contributed by atoms with Crippen LogP contribution < -0.4 is 0 Å². The van der Waals surface area contributed by atoms with Crippen molar-refractivity contribution in [2.45, 2.75) is 41.4 Å². The van der Waals surface area contributed by atoms with Crippen molar-refractivity contribution in [2.24, 2.45) is 5.92 Å². The quantitative estimate of drug-likeness (QED) is 0.210. The van der Waals surface area contributed by atoms with E-state index in [0.29, 0.717) is 34.7 Å². The third-order valence-corrected chi connectivity index (χ3v) is 7.69. The molecule has 0 saturated carbocycles. The molecule has 2 aromatic heterocycles. The molecule has 8 nitrogen and oxygen atoms in total. The molecular formula is C28H30N4O4S2. The van der Waals surface area contributed by atoms with E-state index in [4.69, 9.17) is 14.2 Å². The van der Waals surface area contributed by atoms with Gasteiger partial charge in [-0.2, -0.15) is 0 Å². The largest absolute Gasteiger partial charge is 0.374 e. The van der Waals surface area contributed by atoms with Gasteiger partial charge in [-0.1, -0.05) is 78.5 Å². The second-order valence-electron chi connectivity index (χ2n) is 8.86. The van der Waals surface area contributed by atoms with Gasteiger partial charge in [0.15, 0.2) is 5.65 Å². The lowest BCUT2D eigenvalue weighted by atomic mass is 9.91. The van der Waals surface area contributed by atoms with Crippen LogP contribution in [0.3, 0.4) is 0 Å². The molecule has 1 saturated heterocycles. The number of aliphatic hydroxyl groups is 1. The number of hydrogen-bond acceptors (Lipinski definition) is 9. The van der Waals surface area contributed by atoms with E-state index < -0.39 is 23.9 Å². The fourth-order valence-corrected chi connectivity index (χ4v) is 5.54. The lowest BCUT2D eigenvalue weighted by Crippen LogP contribution is -2.37. The number of benzene rings is 2. The van der Waals surface area contributed by atoms with Gasteiger partial charge in [-0.05, 0) is 23.6 Å². The van der Waals surface area contributed by atoms with E-state index in [1.54, 1.807) is 16.8 Å². The Morgan fingerprint density at radius 2 is 1.74 bits per heavy atom. The van der Waals surface area contributed by atoms with Gasteiger partial charge in [0.1, 0.15) is 16.8 Å². The highest BCUT2D eigenvalue weighted by Gasteiger charge is 2.56. The number of fused-ring (bicyclic) bond motifs is 1. The molecule has 0 spiro atoms. The summed E-state index contributed by atoms with van der Waals surface area (Å²) in [6.45, 7) is 5.02. The highest BCUT2D eigenvalue weighted by molar-refractivity contribution is 7.99. The normalized spacial score (nSPS) is 23.2. The average Bonchev–Trinajstić information content (AvgIpc) is 3.51. The van der Waals surface area contributed by atoms with Gasteiger partial charge in [-0.3, -0.25) is 0 Å². The highest BCUT2D eigenvalue weighted by atomic mass is 32.2. The number of thioether (sulfide) groups is 2. The second kappa shape index (κ2) is 12.0. The number of imidazole rings is 1. The summed E-state index contributed by atoms with van der Waals surface area (Å²) in [5.41, 5.74) is 3.02. The van der Waals surface area contributed by atoms with Crippen LogP contribution in [0.15, 0.2) is 89.7 Å². The summed E-state index contributed by atoms with van der Waals surface area (Å²) in [5, 5.41) is 18.0. The van der Waals surface area contributed by atoms with E-state index in [2.05, 4.69) is 21.6 Å². The van der Waals surface area contributed by atoms with E-state index in [-0.39, 0.29) is 6.61 Å². The molecule has 1 aliphatic rings. The predicted octanol–water partition coefficient (Wildman–Crippen LogP) is 4.72. The standard InChI is InChI=1S/C28H30N4O4S2/c1-4-21-24(35-17-20-13-9-6-10-14-20)22(18-34-16-19-11-7-5-8-12-19)36-28(21,33)23-15-29-25-26(37-2)30-27(38-3)31-32(23)25/h4-15,21-22,24,33H,1,16-18H2,2-3H3/t21-,22-,24+,28-/m1/s1. The Kier molecular flexibility index (Phi) is 8.47. The number of nitrogens with zero attached hydrogens (tertiary/aromatic N) is 4. The summed E-state index contributed by atoms with van der Waals surface area (Å²) in [7, 11) is 0. The minimum Gasteiger partial charge on any atom is -0.374 e. The summed E-state index contributed by atoms with van der Waals surface area (Å²) < 4.78 is 20.4. The Hall–Kier alpha value is -2.73. The van der Waals surface area contributed by atoms with Crippen LogP contribution in [-0.2, 0) is 33.2 Å². The van der Waals surface area contributed by atoms with Crippen LogP contribution in [0.4, 0.5) is 0 Å². The van der Waals surface area contributed by atoms with Crippen LogP contribution in [0.1, 0.15) is 16.8 Å². The molecule has 38 heavy (non-hydrogen) atoms. The maximum atomic E-state index is 12.1. The summed E-state index contributed by atoms with van der Waals surface area (Å²) >= 11 is 2.89. The Bertz CT molecular complexity index is 1370. The molecule has 0 amide bonds. The zero-order valence-electron chi connectivity index (χ0n) is 21.3. The maximum absolute atomic E-state index is 12.1. The predicted molar refractivity (Wildman–Crippen MR) is 148 cm³/mol. The van der Waals surface area contributed by atoms with Gasteiger partial charge in [0.25, 0.3) is 0 Å². The summed E-state index contributed by atoms with van der Waals surface area (Å²) in [6, 6.07) is 19.8. The van der Waals surface area contributed by atoms with Crippen molar-refractivity contribution >= 4 is 29.2 Å². The van der Waals surface area contributed by atoms with Crippen molar-refractivity contribution < 1.29 is 19.3 Å². The van der Waals surface area contributed by atoms with Gasteiger partial charge in [0, 0.05) is 0 Å². The number of hydrogen-bond donors (Lipinski definition) is 1. The molecule has 2 aromatic carbocycles. The number of aromatic nitrogens is 4. The molecule has 1 aliphatic heterocycles. The Morgan fingerprint density at radius 3 is 2.37 bits per heavy atom. The topological polar surface area (TPSA) is 91.0 Å². The van der Waals surface area contributed by atoms with Crippen LogP contribution in [0, 0.1) is 5.92 Å². The fourth-order valence-electron chi connectivity index (χ4n) is 4.63. The van der Waals surface area contributed by atoms with E-state index in [1.165, 1.54) is 23.5 Å². The first-order valence-corrected chi connectivity index (χ1v) is 14.7. The molecule has 198 valence electrons. The first-order chi connectivity index (χ1) is 18.6. The molecule has 0 unspecified atom stereocenters. The highest BCUT2D eigenvalue weighted by Crippen LogP contribution is 2.45. The molecule has 1 N–H and O–H groups in total. The SMILES string of the molecule is C=C[C@@H]1[C@H](OCc2ccccc2)[C@@H](COCc2ccccc2)O[C@@]1(O)c1cnc2c(SC)nc(SC)nn12. The maximum Gasteiger partial charge on any atom is 0.221 e. The third-order valence-electron chi connectivity index (χ3n) is 6.49. The first-order valence-electron chi connectivity index (χ1n) is 12.2. The van der Waals surface area contributed by atoms with Gasteiger partial charge in [-0.25, -0.2) is 14.5 Å². The number of ether oxygens (including phenoxy) is 3. The Labute approximate surface area is 230 Å². The molecule has 4 aromatic rings. The molecule has 0 bridgehead atoms. The van der Waals surface area contributed by atoms with Crippen LogP contribution in [0.5, 0.6) is 0 Å². The molecular weight excluding hydrogens is 520 g/mol. The van der Waals surface area contributed by atoms with Gasteiger partial charge in [0.2, 0.25) is 10.9 Å². The van der Waals surface area contributed by atoms with E-state index >= 15 is 0 Å². The van der Waals surface area contributed by atoms with Crippen LogP contribution in [-0.4, -0.2) is 56.0 Å². The Balaban J connectivity index is 1.47. The first kappa shape index (κ1) is 26.9. The Morgan fingerprint density at radius 1 is 1.05 bits per heavy atom. The van der Waals surface area contributed by atoms with Crippen LogP contribution in [0.2, 0.25) is 0 Å². The molecule has 0 aliphatic carbocycles. The third kappa shape index (κ3) is 5.38. The van der Waals surface area contributed by atoms with Gasteiger partial charge >= 0.3 is 0 Å². The summed E-state index contributed by atoms with van der Waals surface area (Å²) in [5.74, 6) is -2.40. The molecule has 3 heterocycles. The van der Waals surface area contributed by atoms with Crippen molar-refractivity contribution in [3.8, 4) is 0 Å². The zero-order chi connectivity index (χ0) is 26.5. The minimum atomic E-state index is -1.79. The smallest absolute Gasteiger partial charge is 0.221 e. The monoisotopic (exact) mass is 550 g/mol. The number of rotatable bonds is 11. The summed E-state index contributed by atoms with van der Waals surface area (Å²) in [4.78, 5) is 9.08. The fraction of sp³-hybridized carbons (Fsp3) is 0.321. The summed E-state index contributed by atoms with van der Waals surface area (Å²) in [6.07, 6.45) is 6.01. The molecule has 5 rings (SSSR count). The van der Waals surface area contributed by atoms with Gasteiger partial charge in [-0.15, -0.1) is 23.4 Å². The second-order valence-corrected chi connectivity index (χ2v) is 10.4. The van der Waals surface area contributed by atoms with Crippen molar-refractivity contribution in [1.29, 1.82) is 0 Å². The average molecular weight is 551 g/mol. The molecule has 0 radical (unpaired) electrons. The molecule has 4 atom stereocenters. The van der Waals surface area contributed by atoms with Crippen molar-refractivity contribution in [3.63, 3.8) is 0 Å².